The third-order valence-corrected chi connectivity index (χ3v) is 2.91. The molecule has 2 aromatic heterocycles. The molecule has 0 aliphatic rings. The topological polar surface area (TPSA) is 34.4 Å². The van der Waals surface area contributed by atoms with Crippen LogP contribution in [0.3, 0.4) is 0 Å². The highest BCUT2D eigenvalue weighted by Crippen LogP contribution is 2.11. The van der Waals surface area contributed by atoms with Crippen molar-refractivity contribution < 1.29 is 0 Å². The predicted octanol–water partition coefficient (Wildman–Crippen LogP) is 2.46. The Morgan fingerprint density at radius 3 is 2.65 bits per heavy atom. The van der Waals surface area contributed by atoms with Crippen molar-refractivity contribution >= 4 is 16.6 Å². The summed E-state index contributed by atoms with van der Waals surface area (Å²) in [6, 6.07) is 9.59. The first kappa shape index (κ1) is 10.0. The Bertz CT molecular complexity index is 724. The Hall–Kier alpha value is -2.16. The zero-order valence-electron chi connectivity index (χ0n) is 9.77. The Morgan fingerprint density at radius 2 is 1.82 bits per heavy atom. The maximum Gasteiger partial charge on any atom is 0.265 e. The summed E-state index contributed by atoms with van der Waals surface area (Å²) in [6.07, 6.45) is 1.83. The largest absolute Gasteiger partial charge is 0.268 e. The monoisotopic (exact) mass is 224 g/mol. The van der Waals surface area contributed by atoms with Gasteiger partial charge in [0.15, 0.2) is 0 Å². The molecule has 0 fully saturated rings. The van der Waals surface area contributed by atoms with E-state index in [2.05, 4.69) is 4.98 Å². The first-order valence-electron chi connectivity index (χ1n) is 5.54. The lowest BCUT2D eigenvalue weighted by molar-refractivity contribution is 1.06. The second-order valence-corrected chi connectivity index (χ2v) is 4.37. The van der Waals surface area contributed by atoms with Crippen molar-refractivity contribution in [2.45, 2.75) is 13.8 Å². The number of nitrogens with zero attached hydrogens (tertiary/aromatic N) is 2. The molecule has 3 rings (SSSR count). The normalized spacial score (nSPS) is 11.2. The quantitative estimate of drug-likeness (QED) is 0.550. The highest BCUT2D eigenvalue weighted by molar-refractivity contribution is 5.80. The maximum atomic E-state index is 12.3. The number of hydrogen-bond donors (Lipinski definition) is 0. The van der Waals surface area contributed by atoms with E-state index in [-0.39, 0.29) is 5.56 Å². The summed E-state index contributed by atoms with van der Waals surface area (Å²) in [7, 11) is 0. The molecule has 3 aromatic rings. The highest BCUT2D eigenvalue weighted by atomic mass is 16.1. The van der Waals surface area contributed by atoms with Gasteiger partial charge in [0.2, 0.25) is 0 Å². The van der Waals surface area contributed by atoms with Gasteiger partial charge in [-0.1, -0.05) is 17.7 Å². The number of rotatable bonds is 0. The average molecular weight is 224 g/mol. The molecular formula is C14H12N2O. The molecule has 0 aliphatic heterocycles. The number of pyridine rings is 1. The van der Waals surface area contributed by atoms with Crippen LogP contribution in [0.1, 0.15) is 11.1 Å². The van der Waals surface area contributed by atoms with Gasteiger partial charge in [0.1, 0.15) is 5.65 Å². The van der Waals surface area contributed by atoms with Gasteiger partial charge < -0.3 is 0 Å². The van der Waals surface area contributed by atoms with Crippen LogP contribution in [0.25, 0.3) is 16.6 Å². The predicted molar refractivity (Wildman–Crippen MR) is 68.4 cm³/mol. The van der Waals surface area contributed by atoms with Gasteiger partial charge >= 0.3 is 0 Å². The van der Waals surface area contributed by atoms with E-state index in [0.29, 0.717) is 11.0 Å². The third-order valence-electron chi connectivity index (χ3n) is 2.91. The van der Waals surface area contributed by atoms with Crippen molar-refractivity contribution in [3.63, 3.8) is 0 Å². The smallest absolute Gasteiger partial charge is 0.265 e. The minimum absolute atomic E-state index is 0.00241. The first-order chi connectivity index (χ1) is 8.15. The highest BCUT2D eigenvalue weighted by Gasteiger charge is 2.05. The molecule has 0 amide bonds. The molecule has 0 saturated carbocycles. The fraction of sp³-hybridized carbons (Fsp3) is 0.143. The van der Waals surface area contributed by atoms with Gasteiger partial charge in [0.05, 0.1) is 10.9 Å². The lowest BCUT2D eigenvalue weighted by Crippen LogP contribution is -2.15. The van der Waals surface area contributed by atoms with Gasteiger partial charge in [0, 0.05) is 6.20 Å². The molecule has 0 aliphatic carbocycles. The van der Waals surface area contributed by atoms with Crippen molar-refractivity contribution in [2.24, 2.45) is 0 Å². The number of aryl methyl sites for hydroxylation is 2. The summed E-state index contributed by atoms with van der Waals surface area (Å²) in [4.78, 5) is 16.8. The van der Waals surface area contributed by atoms with E-state index in [4.69, 9.17) is 0 Å². The van der Waals surface area contributed by atoms with Gasteiger partial charge in [-0.2, -0.15) is 0 Å². The van der Waals surface area contributed by atoms with Gasteiger partial charge in [-0.3, -0.25) is 9.20 Å². The molecule has 84 valence electrons. The second kappa shape index (κ2) is 3.42. The van der Waals surface area contributed by atoms with E-state index in [1.807, 2.05) is 50.4 Å². The van der Waals surface area contributed by atoms with Crippen molar-refractivity contribution in [2.75, 3.05) is 0 Å². The molecule has 3 heteroatoms. The fourth-order valence-corrected chi connectivity index (χ4v) is 2.02. The summed E-state index contributed by atoms with van der Waals surface area (Å²) in [6.45, 7) is 3.94. The van der Waals surface area contributed by atoms with E-state index in [0.717, 1.165) is 16.6 Å². The number of aromatic nitrogens is 2. The molecular weight excluding hydrogens is 212 g/mol. The molecule has 17 heavy (non-hydrogen) atoms. The SMILES string of the molecule is Cc1ccc2nc3ccc(C)cn3c(=O)c2c1. The zero-order chi connectivity index (χ0) is 12.0. The number of hydrogen-bond acceptors (Lipinski definition) is 2. The minimum Gasteiger partial charge on any atom is -0.268 e. The third kappa shape index (κ3) is 1.51. The van der Waals surface area contributed by atoms with Crippen LogP contribution < -0.4 is 5.56 Å². The summed E-state index contributed by atoms with van der Waals surface area (Å²) in [5.41, 5.74) is 3.57. The van der Waals surface area contributed by atoms with Crippen molar-refractivity contribution in [3.05, 3.63) is 58.0 Å². The zero-order valence-corrected chi connectivity index (χ0v) is 9.77. The van der Waals surface area contributed by atoms with E-state index in [9.17, 15) is 4.79 Å². The molecule has 0 saturated heterocycles. The molecule has 1 aromatic carbocycles. The second-order valence-electron chi connectivity index (χ2n) is 4.37. The molecule has 2 heterocycles. The molecule has 3 nitrogen and oxygen atoms in total. The van der Waals surface area contributed by atoms with Crippen molar-refractivity contribution in [3.8, 4) is 0 Å². The van der Waals surface area contributed by atoms with Gasteiger partial charge in [-0.15, -0.1) is 0 Å². The Labute approximate surface area is 98.4 Å². The van der Waals surface area contributed by atoms with E-state index in [1.165, 1.54) is 0 Å². The summed E-state index contributed by atoms with van der Waals surface area (Å²) >= 11 is 0. The molecule has 0 atom stereocenters. The van der Waals surface area contributed by atoms with Crippen LogP contribution in [-0.4, -0.2) is 9.38 Å². The van der Waals surface area contributed by atoms with Gasteiger partial charge in [-0.25, -0.2) is 4.98 Å². The standard InChI is InChI=1S/C14H12N2O/c1-9-3-5-12-11(7-9)14(17)16-8-10(2)4-6-13(16)15-12/h3-8H,1-2H3. The summed E-state index contributed by atoms with van der Waals surface area (Å²) in [5, 5.41) is 0.674. The van der Waals surface area contributed by atoms with Crippen molar-refractivity contribution in [1.29, 1.82) is 0 Å². The average Bonchev–Trinajstić information content (AvgIpc) is 2.32. The van der Waals surface area contributed by atoms with Crippen LogP contribution in [0.5, 0.6) is 0 Å². The van der Waals surface area contributed by atoms with Crippen LogP contribution in [-0.2, 0) is 0 Å². The number of benzene rings is 1. The molecule has 0 N–H and O–H groups in total. The Morgan fingerprint density at radius 1 is 1.06 bits per heavy atom. The van der Waals surface area contributed by atoms with E-state index >= 15 is 0 Å². The first-order valence-corrected chi connectivity index (χ1v) is 5.54. The maximum absolute atomic E-state index is 12.3. The van der Waals surface area contributed by atoms with Crippen molar-refractivity contribution in [1.82, 2.24) is 9.38 Å². The molecule has 0 unspecified atom stereocenters. The van der Waals surface area contributed by atoms with Gasteiger partial charge in [-0.05, 0) is 37.6 Å². The van der Waals surface area contributed by atoms with Crippen LogP contribution >= 0.6 is 0 Å². The Balaban J connectivity index is 2.58. The lowest BCUT2D eigenvalue weighted by atomic mass is 10.1. The van der Waals surface area contributed by atoms with Gasteiger partial charge in [0.25, 0.3) is 5.56 Å². The molecule has 0 spiro atoms. The van der Waals surface area contributed by atoms with Crippen LogP contribution in [0, 0.1) is 13.8 Å². The van der Waals surface area contributed by atoms with E-state index in [1.54, 1.807) is 4.40 Å². The van der Waals surface area contributed by atoms with Crippen LogP contribution in [0.4, 0.5) is 0 Å². The summed E-state index contributed by atoms with van der Waals surface area (Å²) in [5.74, 6) is 0. The number of fused-ring (bicyclic) bond motifs is 2. The molecule has 0 bridgehead atoms. The van der Waals surface area contributed by atoms with Crippen LogP contribution in [0.15, 0.2) is 41.3 Å². The fourth-order valence-electron chi connectivity index (χ4n) is 2.02. The molecule has 0 radical (unpaired) electrons. The summed E-state index contributed by atoms with van der Waals surface area (Å²) < 4.78 is 1.61. The minimum atomic E-state index is -0.00241. The Kier molecular flexibility index (Phi) is 2.01. The van der Waals surface area contributed by atoms with E-state index < -0.39 is 0 Å². The van der Waals surface area contributed by atoms with Crippen LogP contribution in [0.2, 0.25) is 0 Å². The lowest BCUT2D eigenvalue weighted by Gasteiger charge is -2.04.